The Bertz CT molecular complexity index is 2760. The van der Waals surface area contributed by atoms with Crippen molar-refractivity contribution in [2.24, 2.45) is 0 Å². The first-order chi connectivity index (χ1) is 23.8. The summed E-state index contributed by atoms with van der Waals surface area (Å²) in [6.45, 7) is 0. The zero-order valence-corrected chi connectivity index (χ0v) is 26.1. The Balaban J connectivity index is 1.27. The van der Waals surface area contributed by atoms with E-state index in [9.17, 15) is 0 Å². The van der Waals surface area contributed by atoms with Crippen LogP contribution in [0.3, 0.4) is 0 Å². The fourth-order valence-corrected chi connectivity index (χ4v) is 7.79. The molecule has 2 aromatic heterocycles. The molecule has 0 aliphatic heterocycles. The predicted molar refractivity (Wildman–Crippen MR) is 202 cm³/mol. The van der Waals surface area contributed by atoms with Crippen molar-refractivity contribution in [3.8, 4) is 39.1 Å². The van der Waals surface area contributed by atoms with Gasteiger partial charge in [-0.3, -0.25) is 4.57 Å². The molecule has 0 aliphatic carbocycles. The van der Waals surface area contributed by atoms with E-state index in [-0.39, 0.29) is 0 Å². The number of rotatable bonds is 4. The van der Waals surface area contributed by atoms with E-state index in [2.05, 4.69) is 174 Å². The van der Waals surface area contributed by atoms with Crippen LogP contribution in [0, 0.1) is 0 Å². The molecule has 2 heterocycles. The summed E-state index contributed by atoms with van der Waals surface area (Å²) in [7, 11) is 0. The van der Waals surface area contributed by atoms with E-state index in [1.165, 1.54) is 60.3 Å². The Morgan fingerprint density at radius 3 is 1.56 bits per heavy atom. The molecule has 0 N–H and O–H groups in total. The lowest BCUT2D eigenvalue weighted by atomic mass is 9.85. The van der Waals surface area contributed by atoms with E-state index < -0.39 is 0 Å². The Labute approximate surface area is 277 Å². The summed E-state index contributed by atoms with van der Waals surface area (Å²) in [6, 6.07) is 63.1. The molecule has 2 heteroatoms. The first-order valence-corrected chi connectivity index (χ1v) is 16.4. The second-order valence-electron chi connectivity index (χ2n) is 12.4. The van der Waals surface area contributed by atoms with Crippen molar-refractivity contribution in [3.63, 3.8) is 0 Å². The molecule has 10 aromatic rings. The van der Waals surface area contributed by atoms with Gasteiger partial charge in [-0.2, -0.15) is 0 Å². The van der Waals surface area contributed by atoms with Crippen molar-refractivity contribution in [1.29, 1.82) is 0 Å². The van der Waals surface area contributed by atoms with E-state index in [1.807, 2.05) is 6.07 Å². The van der Waals surface area contributed by atoms with E-state index in [0.29, 0.717) is 0 Å². The first kappa shape index (κ1) is 26.8. The van der Waals surface area contributed by atoms with Gasteiger partial charge >= 0.3 is 0 Å². The minimum atomic E-state index is 0.870. The molecular weight excluding hydrogens is 583 g/mol. The van der Waals surface area contributed by atoms with E-state index in [0.717, 1.165) is 33.3 Å². The molecule has 2 nitrogen and oxygen atoms in total. The number of para-hydroxylation sites is 3. The molecule has 10 rings (SSSR count). The Hall–Kier alpha value is -6.38. The van der Waals surface area contributed by atoms with Crippen LogP contribution in [0.15, 0.2) is 180 Å². The average molecular weight is 612 g/mol. The highest BCUT2D eigenvalue weighted by atomic mass is 16.3. The van der Waals surface area contributed by atoms with Gasteiger partial charge in [0.25, 0.3) is 0 Å². The van der Waals surface area contributed by atoms with Gasteiger partial charge in [0, 0.05) is 22.0 Å². The lowest BCUT2D eigenvalue weighted by molar-refractivity contribution is 0.645. The Morgan fingerprint density at radius 2 is 0.875 bits per heavy atom. The van der Waals surface area contributed by atoms with Gasteiger partial charge in [-0.15, -0.1) is 0 Å². The molecule has 0 spiro atoms. The van der Waals surface area contributed by atoms with Crippen molar-refractivity contribution in [1.82, 2.24) is 4.57 Å². The third kappa shape index (κ3) is 3.93. The van der Waals surface area contributed by atoms with Crippen LogP contribution in [-0.4, -0.2) is 4.57 Å². The average Bonchev–Trinajstić information content (AvgIpc) is 3.69. The number of nitrogens with zero attached hydrogens (tertiary/aromatic N) is 1. The topological polar surface area (TPSA) is 18.1 Å². The maximum absolute atomic E-state index is 6.61. The number of aromatic nitrogens is 1. The standard InChI is InChI=1S/C46H29NO/c1-3-15-30(16-4-1)42-35-21-7-9-23-37(35)43(38-24-10-8-22-36(38)42)32-18-13-17-31(29-32)34-26-14-27-40-44-39-25-11-12-28-41(39)48-46(44)47(45(34)40)33-19-5-2-6-20-33/h1-29H. The molecule has 0 radical (unpaired) electrons. The lowest BCUT2D eigenvalue weighted by Crippen LogP contribution is -1.95. The number of fused-ring (bicyclic) bond motifs is 7. The molecule has 0 unspecified atom stereocenters. The third-order valence-corrected chi connectivity index (χ3v) is 9.78. The minimum absolute atomic E-state index is 0.870. The van der Waals surface area contributed by atoms with Gasteiger partial charge in [0.2, 0.25) is 5.71 Å². The zero-order valence-electron chi connectivity index (χ0n) is 26.1. The highest BCUT2D eigenvalue weighted by Crippen LogP contribution is 2.46. The van der Waals surface area contributed by atoms with Crippen LogP contribution in [0.1, 0.15) is 0 Å². The Kier molecular flexibility index (Phi) is 5.91. The fraction of sp³-hybridized carbons (Fsp3) is 0. The lowest BCUT2D eigenvalue weighted by Gasteiger charge is -2.18. The molecule has 48 heavy (non-hydrogen) atoms. The predicted octanol–water partition coefficient (Wildman–Crippen LogP) is 12.8. The number of benzene rings is 8. The van der Waals surface area contributed by atoms with Crippen molar-refractivity contribution in [2.45, 2.75) is 0 Å². The minimum Gasteiger partial charge on any atom is -0.439 e. The zero-order chi connectivity index (χ0) is 31.6. The van der Waals surface area contributed by atoms with Gasteiger partial charge in [0.1, 0.15) is 5.58 Å². The maximum Gasteiger partial charge on any atom is 0.213 e. The van der Waals surface area contributed by atoms with Crippen LogP contribution in [-0.2, 0) is 0 Å². The largest absolute Gasteiger partial charge is 0.439 e. The highest BCUT2D eigenvalue weighted by molar-refractivity contribution is 6.23. The molecule has 0 aliphatic rings. The van der Waals surface area contributed by atoms with Crippen LogP contribution in [0.4, 0.5) is 0 Å². The molecule has 0 atom stereocenters. The van der Waals surface area contributed by atoms with Gasteiger partial charge in [0.15, 0.2) is 0 Å². The van der Waals surface area contributed by atoms with Gasteiger partial charge in [-0.1, -0.05) is 152 Å². The number of hydrogen-bond acceptors (Lipinski definition) is 1. The van der Waals surface area contributed by atoms with Crippen LogP contribution in [0.5, 0.6) is 0 Å². The summed E-state index contributed by atoms with van der Waals surface area (Å²) in [5, 5.41) is 8.49. The molecular formula is C46H29NO. The number of furan rings is 1. The fourth-order valence-electron chi connectivity index (χ4n) is 7.79. The molecule has 0 amide bonds. The molecule has 0 saturated carbocycles. The molecule has 0 saturated heterocycles. The van der Waals surface area contributed by atoms with E-state index >= 15 is 0 Å². The monoisotopic (exact) mass is 611 g/mol. The SMILES string of the molecule is c1ccc(-c2c3ccccc3c(-c3cccc(-c4cccc5c6c7ccccc7oc6n(-c6ccccc6)c45)c3)c3ccccc23)cc1. The second kappa shape index (κ2) is 10.6. The highest BCUT2D eigenvalue weighted by Gasteiger charge is 2.22. The summed E-state index contributed by atoms with van der Waals surface area (Å²) in [6.07, 6.45) is 0. The van der Waals surface area contributed by atoms with Gasteiger partial charge < -0.3 is 4.42 Å². The van der Waals surface area contributed by atoms with Crippen LogP contribution < -0.4 is 0 Å². The molecule has 0 fully saturated rings. The summed E-state index contributed by atoms with van der Waals surface area (Å²) in [5.74, 6) is 0. The van der Waals surface area contributed by atoms with E-state index in [4.69, 9.17) is 4.42 Å². The molecule has 0 bridgehead atoms. The normalized spacial score (nSPS) is 11.8. The van der Waals surface area contributed by atoms with Crippen molar-refractivity contribution in [2.75, 3.05) is 0 Å². The van der Waals surface area contributed by atoms with Gasteiger partial charge in [-0.25, -0.2) is 0 Å². The smallest absolute Gasteiger partial charge is 0.213 e. The Morgan fingerprint density at radius 1 is 0.375 bits per heavy atom. The molecule has 224 valence electrons. The summed E-state index contributed by atoms with van der Waals surface area (Å²) in [4.78, 5) is 0. The summed E-state index contributed by atoms with van der Waals surface area (Å²) >= 11 is 0. The van der Waals surface area contributed by atoms with Crippen molar-refractivity contribution >= 4 is 54.5 Å². The maximum atomic E-state index is 6.61. The van der Waals surface area contributed by atoms with Crippen molar-refractivity contribution < 1.29 is 4.42 Å². The quantitative estimate of drug-likeness (QED) is 0.181. The summed E-state index contributed by atoms with van der Waals surface area (Å²) in [5.41, 5.74) is 11.3. The molecule has 8 aromatic carbocycles. The van der Waals surface area contributed by atoms with Gasteiger partial charge in [0.05, 0.1) is 10.9 Å². The van der Waals surface area contributed by atoms with Crippen LogP contribution in [0.2, 0.25) is 0 Å². The van der Waals surface area contributed by atoms with Crippen LogP contribution in [0.25, 0.3) is 93.6 Å². The summed E-state index contributed by atoms with van der Waals surface area (Å²) < 4.78 is 8.91. The van der Waals surface area contributed by atoms with Crippen LogP contribution >= 0.6 is 0 Å². The number of hydrogen-bond donors (Lipinski definition) is 0. The van der Waals surface area contributed by atoms with Crippen molar-refractivity contribution in [3.05, 3.63) is 176 Å². The van der Waals surface area contributed by atoms with Gasteiger partial charge in [-0.05, 0) is 73.6 Å². The second-order valence-corrected chi connectivity index (χ2v) is 12.4. The third-order valence-electron chi connectivity index (χ3n) is 9.78. The first-order valence-electron chi connectivity index (χ1n) is 16.4. The van der Waals surface area contributed by atoms with E-state index in [1.54, 1.807) is 0 Å².